The molecule has 0 spiro atoms. The van der Waals surface area contributed by atoms with Crippen LogP contribution >= 0.6 is 0 Å². The van der Waals surface area contributed by atoms with E-state index in [1.165, 1.54) is 7.11 Å². The number of methoxy groups -OCH3 is 1. The summed E-state index contributed by atoms with van der Waals surface area (Å²) in [4.78, 5) is 11.2. The van der Waals surface area contributed by atoms with E-state index in [2.05, 4.69) is 4.74 Å². The standard InChI is InChI=1S/C12H17NO3/c1-3-7-16-10-6-4-5-9(8-10)11(13)12(14)15-2/h4-6,8,11H,3,7,13H2,1-2H3. The van der Waals surface area contributed by atoms with Gasteiger partial charge in [-0.25, -0.2) is 0 Å². The number of hydrogen-bond donors (Lipinski definition) is 1. The van der Waals surface area contributed by atoms with Crippen LogP contribution in [0.15, 0.2) is 24.3 Å². The molecular weight excluding hydrogens is 206 g/mol. The molecule has 1 aromatic carbocycles. The second kappa shape index (κ2) is 6.12. The molecule has 0 aromatic heterocycles. The van der Waals surface area contributed by atoms with E-state index >= 15 is 0 Å². The second-order valence-electron chi connectivity index (χ2n) is 3.42. The van der Waals surface area contributed by atoms with E-state index in [0.29, 0.717) is 12.2 Å². The Morgan fingerprint density at radius 1 is 1.50 bits per heavy atom. The summed E-state index contributed by atoms with van der Waals surface area (Å²) in [6.45, 7) is 2.68. The van der Waals surface area contributed by atoms with Crippen LogP contribution in [0.4, 0.5) is 0 Å². The Kier molecular flexibility index (Phi) is 4.79. The summed E-state index contributed by atoms with van der Waals surface area (Å²) < 4.78 is 10.0. The number of ether oxygens (including phenoxy) is 2. The second-order valence-corrected chi connectivity index (χ2v) is 3.42. The molecule has 88 valence electrons. The highest BCUT2D eigenvalue weighted by Gasteiger charge is 2.16. The van der Waals surface area contributed by atoms with Gasteiger partial charge in [0.25, 0.3) is 0 Å². The van der Waals surface area contributed by atoms with E-state index in [-0.39, 0.29) is 0 Å². The minimum absolute atomic E-state index is 0.451. The van der Waals surface area contributed by atoms with Crippen molar-refractivity contribution in [1.82, 2.24) is 0 Å². The Morgan fingerprint density at radius 2 is 2.25 bits per heavy atom. The van der Waals surface area contributed by atoms with E-state index in [9.17, 15) is 4.79 Å². The molecule has 0 aliphatic carbocycles. The molecule has 0 amide bonds. The van der Waals surface area contributed by atoms with E-state index in [4.69, 9.17) is 10.5 Å². The molecule has 1 atom stereocenters. The molecule has 16 heavy (non-hydrogen) atoms. The lowest BCUT2D eigenvalue weighted by molar-refractivity contribution is -0.142. The lowest BCUT2D eigenvalue weighted by atomic mass is 10.1. The van der Waals surface area contributed by atoms with Crippen molar-refractivity contribution >= 4 is 5.97 Å². The Bertz CT molecular complexity index is 352. The number of benzene rings is 1. The van der Waals surface area contributed by atoms with Crippen LogP contribution in [0.2, 0.25) is 0 Å². The molecule has 0 aliphatic heterocycles. The smallest absolute Gasteiger partial charge is 0.327 e. The van der Waals surface area contributed by atoms with Crippen LogP contribution in [-0.2, 0) is 9.53 Å². The summed E-state index contributed by atoms with van der Waals surface area (Å²) in [5.41, 5.74) is 6.41. The number of carbonyl (C=O) groups is 1. The van der Waals surface area contributed by atoms with Gasteiger partial charge in [0.1, 0.15) is 11.8 Å². The molecule has 1 unspecified atom stereocenters. The lowest BCUT2D eigenvalue weighted by Crippen LogP contribution is -2.22. The zero-order chi connectivity index (χ0) is 12.0. The average molecular weight is 223 g/mol. The first-order valence-corrected chi connectivity index (χ1v) is 5.25. The molecule has 0 aliphatic rings. The summed E-state index contributed by atoms with van der Waals surface area (Å²) in [5.74, 6) is 0.270. The third-order valence-electron chi connectivity index (χ3n) is 2.15. The molecule has 4 heteroatoms. The summed E-state index contributed by atoms with van der Waals surface area (Å²) >= 11 is 0. The van der Waals surface area contributed by atoms with Crippen LogP contribution < -0.4 is 10.5 Å². The fourth-order valence-electron chi connectivity index (χ4n) is 1.28. The molecular formula is C12H17NO3. The summed E-state index contributed by atoms with van der Waals surface area (Å²) in [5, 5.41) is 0. The molecule has 0 saturated carbocycles. The number of hydrogen-bond acceptors (Lipinski definition) is 4. The quantitative estimate of drug-likeness (QED) is 0.771. The monoisotopic (exact) mass is 223 g/mol. The van der Waals surface area contributed by atoms with Crippen molar-refractivity contribution in [2.45, 2.75) is 19.4 Å². The predicted molar refractivity (Wildman–Crippen MR) is 61.2 cm³/mol. The molecule has 1 rings (SSSR count). The van der Waals surface area contributed by atoms with Gasteiger partial charge in [-0.3, -0.25) is 4.79 Å². The molecule has 1 aromatic rings. The Balaban J connectivity index is 2.77. The molecule has 0 fully saturated rings. The zero-order valence-electron chi connectivity index (χ0n) is 9.60. The van der Waals surface area contributed by atoms with Crippen molar-refractivity contribution in [3.8, 4) is 5.75 Å². The van der Waals surface area contributed by atoms with Gasteiger partial charge in [0.2, 0.25) is 0 Å². The van der Waals surface area contributed by atoms with Crippen molar-refractivity contribution in [1.29, 1.82) is 0 Å². The van der Waals surface area contributed by atoms with Crippen LogP contribution in [0.3, 0.4) is 0 Å². The number of carbonyl (C=O) groups excluding carboxylic acids is 1. The van der Waals surface area contributed by atoms with Crippen LogP contribution in [-0.4, -0.2) is 19.7 Å². The average Bonchev–Trinajstić information content (AvgIpc) is 2.34. The van der Waals surface area contributed by atoms with Crippen molar-refractivity contribution in [2.75, 3.05) is 13.7 Å². The van der Waals surface area contributed by atoms with Crippen LogP contribution in [0.1, 0.15) is 24.9 Å². The van der Waals surface area contributed by atoms with Gasteiger partial charge in [-0.15, -0.1) is 0 Å². The van der Waals surface area contributed by atoms with Crippen molar-refractivity contribution < 1.29 is 14.3 Å². The van der Waals surface area contributed by atoms with Gasteiger partial charge in [0.05, 0.1) is 13.7 Å². The highest BCUT2D eigenvalue weighted by atomic mass is 16.5. The summed E-state index contributed by atoms with van der Waals surface area (Å²) in [6.07, 6.45) is 0.938. The minimum atomic E-state index is -0.754. The third-order valence-corrected chi connectivity index (χ3v) is 2.15. The maximum atomic E-state index is 11.2. The van der Waals surface area contributed by atoms with Gasteiger partial charge in [-0.2, -0.15) is 0 Å². The van der Waals surface area contributed by atoms with Gasteiger partial charge in [-0.1, -0.05) is 19.1 Å². The van der Waals surface area contributed by atoms with Gasteiger partial charge in [0.15, 0.2) is 0 Å². The third kappa shape index (κ3) is 3.24. The summed E-state index contributed by atoms with van der Waals surface area (Å²) in [7, 11) is 1.32. The van der Waals surface area contributed by atoms with Crippen molar-refractivity contribution in [2.24, 2.45) is 5.73 Å². The molecule has 0 bridgehead atoms. The van der Waals surface area contributed by atoms with Gasteiger partial charge >= 0.3 is 5.97 Å². The predicted octanol–water partition coefficient (Wildman–Crippen LogP) is 1.65. The highest BCUT2D eigenvalue weighted by molar-refractivity contribution is 5.77. The maximum Gasteiger partial charge on any atom is 0.327 e. The summed E-state index contributed by atoms with van der Waals surface area (Å²) in [6, 6.07) is 6.43. The number of nitrogens with two attached hydrogens (primary N) is 1. The fraction of sp³-hybridized carbons (Fsp3) is 0.417. The normalized spacial score (nSPS) is 11.9. The van der Waals surface area contributed by atoms with E-state index < -0.39 is 12.0 Å². The van der Waals surface area contributed by atoms with Gasteiger partial charge in [0, 0.05) is 0 Å². The number of rotatable bonds is 5. The largest absolute Gasteiger partial charge is 0.494 e. The van der Waals surface area contributed by atoms with E-state index in [0.717, 1.165) is 12.2 Å². The Hall–Kier alpha value is -1.55. The van der Waals surface area contributed by atoms with Crippen LogP contribution in [0.25, 0.3) is 0 Å². The molecule has 0 heterocycles. The first-order chi connectivity index (χ1) is 7.69. The Labute approximate surface area is 95.3 Å². The van der Waals surface area contributed by atoms with Crippen LogP contribution in [0.5, 0.6) is 5.75 Å². The van der Waals surface area contributed by atoms with Crippen LogP contribution in [0, 0.1) is 0 Å². The SMILES string of the molecule is CCCOc1cccc(C(N)C(=O)OC)c1. The first kappa shape index (κ1) is 12.5. The zero-order valence-corrected chi connectivity index (χ0v) is 9.60. The van der Waals surface area contributed by atoms with Gasteiger partial charge < -0.3 is 15.2 Å². The molecule has 0 saturated heterocycles. The lowest BCUT2D eigenvalue weighted by Gasteiger charge is -2.11. The molecule has 0 radical (unpaired) electrons. The molecule has 4 nitrogen and oxygen atoms in total. The highest BCUT2D eigenvalue weighted by Crippen LogP contribution is 2.18. The minimum Gasteiger partial charge on any atom is -0.494 e. The van der Waals surface area contributed by atoms with Crippen molar-refractivity contribution in [3.63, 3.8) is 0 Å². The van der Waals surface area contributed by atoms with E-state index in [1.807, 2.05) is 19.1 Å². The molecule has 2 N–H and O–H groups in total. The van der Waals surface area contributed by atoms with E-state index in [1.54, 1.807) is 12.1 Å². The fourth-order valence-corrected chi connectivity index (χ4v) is 1.28. The topological polar surface area (TPSA) is 61.5 Å². The number of esters is 1. The van der Waals surface area contributed by atoms with Gasteiger partial charge in [-0.05, 0) is 24.1 Å². The maximum absolute atomic E-state index is 11.2. The van der Waals surface area contributed by atoms with Crippen molar-refractivity contribution in [3.05, 3.63) is 29.8 Å². The Morgan fingerprint density at radius 3 is 2.88 bits per heavy atom. The first-order valence-electron chi connectivity index (χ1n) is 5.25.